The Labute approximate surface area is 116 Å². The van der Waals surface area contributed by atoms with Crippen LogP contribution >= 0.6 is 0 Å². The summed E-state index contributed by atoms with van der Waals surface area (Å²) >= 11 is 0. The van der Waals surface area contributed by atoms with Gasteiger partial charge in [0.2, 0.25) is 0 Å². The fourth-order valence-electron chi connectivity index (χ4n) is 1.73. The molecule has 1 aliphatic heterocycles. The molecule has 0 aromatic rings. The van der Waals surface area contributed by atoms with Gasteiger partial charge in [-0.25, -0.2) is 4.79 Å². The highest BCUT2D eigenvalue weighted by Crippen LogP contribution is 2.30. The standard InChI is InChI=1S/C11H21NO4.C3H8/c1-10(2,3)16-9(15)12-5-4-11(6-12,7-13)8-14;1-3-2/h13-14H,4-8H2,1-3H3;3H2,1-2H3. The first-order valence-electron chi connectivity index (χ1n) is 6.93. The van der Waals surface area contributed by atoms with Crippen LogP contribution in [0.25, 0.3) is 0 Å². The Balaban J connectivity index is 0.000000982. The molecule has 0 atom stereocenters. The monoisotopic (exact) mass is 275 g/mol. The third-order valence-electron chi connectivity index (χ3n) is 2.76. The molecule has 0 bridgehead atoms. The van der Waals surface area contributed by atoms with Gasteiger partial charge >= 0.3 is 6.09 Å². The first-order chi connectivity index (χ1) is 8.73. The van der Waals surface area contributed by atoms with Gasteiger partial charge in [-0.05, 0) is 27.2 Å². The number of hydrogen-bond donors (Lipinski definition) is 2. The van der Waals surface area contributed by atoms with Gasteiger partial charge in [-0.3, -0.25) is 0 Å². The molecule has 0 aliphatic carbocycles. The lowest BCUT2D eigenvalue weighted by Crippen LogP contribution is -2.39. The van der Waals surface area contributed by atoms with Crippen LogP contribution in [0, 0.1) is 5.41 Å². The van der Waals surface area contributed by atoms with E-state index in [1.54, 1.807) is 0 Å². The van der Waals surface area contributed by atoms with Crippen LogP contribution < -0.4 is 0 Å². The minimum atomic E-state index is -0.559. The summed E-state index contributed by atoms with van der Waals surface area (Å²) in [7, 11) is 0. The van der Waals surface area contributed by atoms with Gasteiger partial charge in [0.05, 0.1) is 13.2 Å². The maximum atomic E-state index is 11.7. The molecule has 0 radical (unpaired) electrons. The minimum absolute atomic E-state index is 0.108. The molecule has 2 N–H and O–H groups in total. The summed E-state index contributed by atoms with van der Waals surface area (Å²) in [6, 6.07) is 0. The van der Waals surface area contributed by atoms with Crippen LogP contribution in [0.2, 0.25) is 0 Å². The zero-order valence-electron chi connectivity index (χ0n) is 12.9. The molecule has 5 nitrogen and oxygen atoms in total. The number of carbonyl (C=O) groups is 1. The Morgan fingerprint density at radius 1 is 1.26 bits per heavy atom. The SMILES string of the molecule is CC(C)(C)OC(=O)N1CCC(CO)(CO)C1.CCC. The van der Waals surface area contributed by atoms with Crippen LogP contribution in [0.3, 0.4) is 0 Å². The van der Waals surface area contributed by atoms with E-state index in [1.807, 2.05) is 20.8 Å². The molecule has 0 aromatic carbocycles. The largest absolute Gasteiger partial charge is 0.444 e. The van der Waals surface area contributed by atoms with Crippen molar-refractivity contribution in [1.82, 2.24) is 4.90 Å². The number of aliphatic hydroxyl groups is 2. The summed E-state index contributed by atoms with van der Waals surface area (Å²) in [5.41, 5.74) is -1.07. The number of amides is 1. The van der Waals surface area contributed by atoms with Crippen molar-refractivity contribution < 1.29 is 19.7 Å². The molecule has 1 aliphatic rings. The molecule has 1 fully saturated rings. The third kappa shape index (κ3) is 6.25. The quantitative estimate of drug-likeness (QED) is 0.809. The molecule has 114 valence electrons. The van der Waals surface area contributed by atoms with Crippen molar-refractivity contribution in [2.75, 3.05) is 26.3 Å². The van der Waals surface area contributed by atoms with E-state index in [0.29, 0.717) is 19.5 Å². The molecule has 0 saturated carbocycles. The highest BCUT2D eigenvalue weighted by Gasteiger charge is 2.40. The topological polar surface area (TPSA) is 70.0 Å². The first-order valence-corrected chi connectivity index (χ1v) is 6.93. The summed E-state index contributed by atoms with van der Waals surface area (Å²) in [5.74, 6) is 0. The second-order valence-electron chi connectivity index (χ2n) is 6.18. The van der Waals surface area contributed by atoms with Gasteiger partial charge in [0.1, 0.15) is 5.60 Å². The van der Waals surface area contributed by atoms with Crippen molar-refractivity contribution in [3.05, 3.63) is 0 Å². The van der Waals surface area contributed by atoms with E-state index in [4.69, 9.17) is 4.74 Å². The second-order valence-corrected chi connectivity index (χ2v) is 6.18. The molecule has 0 unspecified atom stereocenters. The van der Waals surface area contributed by atoms with Gasteiger partial charge in [0.15, 0.2) is 0 Å². The molecule has 5 heteroatoms. The van der Waals surface area contributed by atoms with Crippen LogP contribution in [0.5, 0.6) is 0 Å². The summed E-state index contributed by atoms with van der Waals surface area (Å²) in [6.45, 7) is 10.3. The van der Waals surface area contributed by atoms with Crippen molar-refractivity contribution in [2.45, 2.75) is 53.1 Å². The van der Waals surface area contributed by atoms with E-state index in [9.17, 15) is 15.0 Å². The molecule has 1 saturated heterocycles. The summed E-state index contributed by atoms with van der Waals surface area (Å²) in [5, 5.41) is 18.4. The Morgan fingerprint density at radius 3 is 2.05 bits per heavy atom. The molecule has 0 aromatic heterocycles. The van der Waals surface area contributed by atoms with Gasteiger partial charge < -0.3 is 19.8 Å². The number of nitrogens with zero attached hydrogens (tertiary/aromatic N) is 1. The number of carbonyl (C=O) groups excluding carboxylic acids is 1. The van der Waals surface area contributed by atoms with E-state index in [-0.39, 0.29) is 19.3 Å². The van der Waals surface area contributed by atoms with E-state index < -0.39 is 11.0 Å². The van der Waals surface area contributed by atoms with E-state index in [0.717, 1.165) is 0 Å². The van der Waals surface area contributed by atoms with E-state index in [1.165, 1.54) is 11.3 Å². The molecule has 0 spiro atoms. The predicted molar refractivity (Wildman–Crippen MR) is 75.0 cm³/mol. The second kappa shape index (κ2) is 7.70. The molecule has 1 amide bonds. The molecular weight excluding hydrogens is 246 g/mol. The molecule has 1 rings (SSSR count). The molecule has 19 heavy (non-hydrogen) atoms. The zero-order chi connectivity index (χ0) is 15.1. The smallest absolute Gasteiger partial charge is 0.410 e. The van der Waals surface area contributed by atoms with Gasteiger partial charge in [0, 0.05) is 18.5 Å². The highest BCUT2D eigenvalue weighted by atomic mass is 16.6. The van der Waals surface area contributed by atoms with Crippen LogP contribution in [0.4, 0.5) is 4.79 Å². The first kappa shape index (κ1) is 18.2. The maximum Gasteiger partial charge on any atom is 0.410 e. The normalized spacial score (nSPS) is 17.7. The van der Waals surface area contributed by atoms with Gasteiger partial charge in [-0.1, -0.05) is 20.3 Å². The van der Waals surface area contributed by atoms with Crippen LogP contribution in [0.1, 0.15) is 47.5 Å². The number of ether oxygens (including phenoxy) is 1. The lowest BCUT2D eigenvalue weighted by atomic mass is 9.89. The van der Waals surface area contributed by atoms with E-state index in [2.05, 4.69) is 13.8 Å². The van der Waals surface area contributed by atoms with Gasteiger partial charge in [-0.15, -0.1) is 0 Å². The molecule has 1 heterocycles. The van der Waals surface area contributed by atoms with Crippen molar-refractivity contribution in [2.24, 2.45) is 5.41 Å². The maximum absolute atomic E-state index is 11.7. The lowest BCUT2D eigenvalue weighted by molar-refractivity contribution is 0.0204. The fraction of sp³-hybridized carbons (Fsp3) is 0.929. The third-order valence-corrected chi connectivity index (χ3v) is 2.76. The van der Waals surface area contributed by atoms with Gasteiger partial charge in [-0.2, -0.15) is 0 Å². The minimum Gasteiger partial charge on any atom is -0.444 e. The summed E-state index contributed by atoms with van der Waals surface area (Å²) < 4.78 is 5.23. The highest BCUT2D eigenvalue weighted by molar-refractivity contribution is 5.68. The fourth-order valence-corrected chi connectivity index (χ4v) is 1.73. The Bertz CT molecular complexity index is 269. The Hall–Kier alpha value is -0.810. The number of likely N-dealkylation sites (tertiary alicyclic amines) is 1. The Kier molecular flexibility index (Phi) is 7.37. The van der Waals surface area contributed by atoms with E-state index >= 15 is 0 Å². The van der Waals surface area contributed by atoms with Crippen molar-refractivity contribution in [1.29, 1.82) is 0 Å². The van der Waals surface area contributed by atoms with Crippen LogP contribution in [0.15, 0.2) is 0 Å². The van der Waals surface area contributed by atoms with Crippen molar-refractivity contribution in [3.8, 4) is 0 Å². The van der Waals surface area contributed by atoms with Crippen molar-refractivity contribution >= 4 is 6.09 Å². The average Bonchev–Trinajstić information content (AvgIpc) is 2.73. The van der Waals surface area contributed by atoms with Crippen LogP contribution in [-0.4, -0.2) is 53.1 Å². The number of hydrogen-bond acceptors (Lipinski definition) is 4. The summed E-state index contributed by atoms with van der Waals surface area (Å²) in [4.78, 5) is 13.3. The molecular formula is C14H29NO4. The zero-order valence-corrected chi connectivity index (χ0v) is 12.9. The lowest BCUT2D eigenvalue weighted by Gasteiger charge is -2.27. The van der Waals surface area contributed by atoms with Crippen molar-refractivity contribution in [3.63, 3.8) is 0 Å². The number of rotatable bonds is 2. The van der Waals surface area contributed by atoms with Gasteiger partial charge in [0.25, 0.3) is 0 Å². The number of aliphatic hydroxyl groups excluding tert-OH is 2. The summed E-state index contributed by atoms with van der Waals surface area (Å²) in [6.07, 6.45) is 1.48. The average molecular weight is 275 g/mol. The Morgan fingerprint density at radius 2 is 1.74 bits per heavy atom. The van der Waals surface area contributed by atoms with Crippen LogP contribution in [-0.2, 0) is 4.74 Å². The predicted octanol–water partition coefficient (Wildman–Crippen LogP) is 2.01.